The van der Waals surface area contributed by atoms with E-state index in [2.05, 4.69) is 24.4 Å². The van der Waals surface area contributed by atoms with Crippen LogP contribution in [0.3, 0.4) is 0 Å². The predicted octanol–water partition coefficient (Wildman–Crippen LogP) is 0.221. The van der Waals surface area contributed by atoms with Gasteiger partial charge in [-0.25, -0.2) is 0 Å². The molecule has 1 fully saturated rings. The number of piperazine rings is 1. The summed E-state index contributed by atoms with van der Waals surface area (Å²) in [6.07, 6.45) is 0.226. The maximum absolute atomic E-state index is 12.8. The van der Waals surface area contributed by atoms with E-state index in [4.69, 9.17) is 9.47 Å². The number of carbonyl (C=O) groups is 2. The molecule has 7 nitrogen and oxygen atoms in total. The average molecular weight is 425 g/mol. The average Bonchev–Trinajstić information content (AvgIpc) is 2.80. The van der Waals surface area contributed by atoms with Crippen LogP contribution in [0.1, 0.15) is 11.1 Å². The summed E-state index contributed by atoms with van der Waals surface area (Å²) in [6.45, 7) is 6.13. The molecule has 2 amide bonds. The minimum absolute atomic E-state index is 0.0452. The van der Waals surface area contributed by atoms with E-state index in [0.717, 1.165) is 19.5 Å². The lowest BCUT2D eigenvalue weighted by molar-refractivity contribution is -0.896. The zero-order valence-electron chi connectivity index (χ0n) is 17.9. The summed E-state index contributed by atoms with van der Waals surface area (Å²) in [5.74, 6) is 1.30. The number of para-hydroxylation sites is 2. The summed E-state index contributed by atoms with van der Waals surface area (Å²) in [5.41, 5.74) is 2.51. The molecule has 2 aromatic rings. The van der Waals surface area contributed by atoms with Crippen LogP contribution < -0.4 is 19.7 Å². The van der Waals surface area contributed by atoms with Crippen LogP contribution in [0.5, 0.6) is 11.5 Å². The minimum atomic E-state index is -0.610. The lowest BCUT2D eigenvalue weighted by Gasteiger charge is -2.35. The zero-order chi connectivity index (χ0) is 21.6. The monoisotopic (exact) mass is 424 g/mol. The summed E-state index contributed by atoms with van der Waals surface area (Å²) < 4.78 is 11.5. The van der Waals surface area contributed by atoms with Crippen LogP contribution in [0.4, 0.5) is 0 Å². The van der Waals surface area contributed by atoms with E-state index in [9.17, 15) is 9.59 Å². The second-order valence-corrected chi connectivity index (χ2v) is 8.14. The van der Waals surface area contributed by atoms with Gasteiger partial charge in [0.1, 0.15) is 6.61 Å². The van der Waals surface area contributed by atoms with Crippen LogP contribution in [0.25, 0.3) is 0 Å². The Kier molecular flexibility index (Phi) is 6.72. The molecule has 31 heavy (non-hydrogen) atoms. The Labute approximate surface area is 182 Å². The number of hydrogen-bond donors (Lipinski definition) is 2. The van der Waals surface area contributed by atoms with Crippen LogP contribution in [0, 0.1) is 6.92 Å². The highest BCUT2D eigenvalue weighted by molar-refractivity contribution is 5.82. The van der Waals surface area contributed by atoms with E-state index in [-0.39, 0.29) is 18.4 Å². The van der Waals surface area contributed by atoms with Crippen molar-refractivity contribution in [1.29, 1.82) is 0 Å². The minimum Gasteiger partial charge on any atom is -0.485 e. The molecule has 164 valence electrons. The molecule has 2 aliphatic heterocycles. The molecule has 1 atom stereocenters. The van der Waals surface area contributed by atoms with Gasteiger partial charge in [0.05, 0.1) is 26.2 Å². The van der Waals surface area contributed by atoms with Gasteiger partial charge in [-0.1, -0.05) is 36.4 Å². The molecule has 0 unspecified atom stereocenters. The molecule has 4 rings (SSSR count). The van der Waals surface area contributed by atoms with Gasteiger partial charge in [0.25, 0.3) is 11.8 Å². The van der Waals surface area contributed by atoms with Crippen LogP contribution in [0.15, 0.2) is 48.5 Å². The van der Waals surface area contributed by atoms with Gasteiger partial charge in [0.15, 0.2) is 18.0 Å². The lowest BCUT2D eigenvalue weighted by Crippen LogP contribution is -3.16. The molecule has 1 saturated heterocycles. The van der Waals surface area contributed by atoms with E-state index in [1.165, 1.54) is 16.0 Å². The first-order valence-electron chi connectivity index (χ1n) is 10.9. The van der Waals surface area contributed by atoms with Crippen molar-refractivity contribution in [2.45, 2.75) is 19.4 Å². The van der Waals surface area contributed by atoms with Gasteiger partial charge in [-0.15, -0.1) is 0 Å². The molecule has 2 aliphatic rings. The molecule has 0 saturated carbocycles. The molecule has 7 heteroatoms. The summed E-state index contributed by atoms with van der Waals surface area (Å²) in [6, 6.07) is 15.6. The molecule has 2 aromatic carbocycles. The normalized spacial score (nSPS) is 18.5. The molecule has 0 bridgehead atoms. The number of carbonyl (C=O) groups excluding carboxylic acids is 2. The lowest BCUT2D eigenvalue weighted by atomic mass is 10.1. The topological polar surface area (TPSA) is 72.3 Å². The number of nitrogens with one attached hydrogen (secondary N) is 2. The van der Waals surface area contributed by atoms with Crippen molar-refractivity contribution < 1.29 is 24.0 Å². The quantitative estimate of drug-likeness (QED) is 0.696. The number of rotatable bonds is 6. The van der Waals surface area contributed by atoms with Crippen molar-refractivity contribution in [3.63, 3.8) is 0 Å². The summed E-state index contributed by atoms with van der Waals surface area (Å²) in [5, 5.41) is 3.02. The van der Waals surface area contributed by atoms with E-state index in [1.54, 1.807) is 0 Å². The maximum atomic E-state index is 12.8. The largest absolute Gasteiger partial charge is 0.485 e. The summed E-state index contributed by atoms with van der Waals surface area (Å²) >= 11 is 0. The van der Waals surface area contributed by atoms with Crippen molar-refractivity contribution in [2.75, 3.05) is 45.9 Å². The summed E-state index contributed by atoms with van der Waals surface area (Å²) in [7, 11) is 0. The Morgan fingerprint density at radius 1 is 1.06 bits per heavy atom. The first-order chi connectivity index (χ1) is 15.1. The van der Waals surface area contributed by atoms with Gasteiger partial charge in [-0.3, -0.25) is 9.59 Å². The van der Waals surface area contributed by atoms with Gasteiger partial charge in [-0.05, 0) is 36.6 Å². The van der Waals surface area contributed by atoms with Gasteiger partial charge in [0.2, 0.25) is 6.10 Å². The van der Waals surface area contributed by atoms with E-state index in [0.29, 0.717) is 37.7 Å². The van der Waals surface area contributed by atoms with Crippen molar-refractivity contribution in [2.24, 2.45) is 0 Å². The number of benzene rings is 2. The standard InChI is InChI=1S/C24H29N3O4/c1-18-6-2-3-7-19(18)10-11-25-23(28)16-26-12-14-27(15-13-26)24(29)22-17-30-20-8-4-5-9-21(20)31-22/h2-9,22H,10-17H2,1H3,(H,25,28)/p+1/t22-/m1/s1. The third-order valence-corrected chi connectivity index (χ3v) is 5.95. The predicted molar refractivity (Wildman–Crippen MR) is 116 cm³/mol. The number of amides is 2. The van der Waals surface area contributed by atoms with E-state index < -0.39 is 6.10 Å². The third kappa shape index (κ3) is 5.35. The molecular weight excluding hydrogens is 394 g/mol. The van der Waals surface area contributed by atoms with Gasteiger partial charge in [-0.2, -0.15) is 0 Å². The molecule has 2 N–H and O–H groups in total. The van der Waals surface area contributed by atoms with E-state index in [1.807, 2.05) is 41.3 Å². The highest BCUT2D eigenvalue weighted by Gasteiger charge is 2.33. The second-order valence-electron chi connectivity index (χ2n) is 8.14. The first kappa shape index (κ1) is 21.2. The van der Waals surface area contributed by atoms with Crippen molar-refractivity contribution in [3.05, 3.63) is 59.7 Å². The fourth-order valence-corrected chi connectivity index (χ4v) is 4.08. The first-order valence-corrected chi connectivity index (χ1v) is 10.9. The van der Waals surface area contributed by atoms with Gasteiger partial charge in [0, 0.05) is 6.54 Å². The molecule has 2 heterocycles. The fourth-order valence-electron chi connectivity index (χ4n) is 4.08. The molecular formula is C24H30N3O4+. The highest BCUT2D eigenvalue weighted by Crippen LogP contribution is 2.31. The number of hydrogen-bond acceptors (Lipinski definition) is 4. The number of ether oxygens (including phenoxy) is 2. The zero-order valence-corrected chi connectivity index (χ0v) is 17.9. The number of quaternary nitrogens is 1. The maximum Gasteiger partial charge on any atom is 0.275 e. The second kappa shape index (κ2) is 9.83. The van der Waals surface area contributed by atoms with Crippen molar-refractivity contribution >= 4 is 11.8 Å². The van der Waals surface area contributed by atoms with Crippen molar-refractivity contribution in [1.82, 2.24) is 10.2 Å². The van der Waals surface area contributed by atoms with Gasteiger partial charge >= 0.3 is 0 Å². The van der Waals surface area contributed by atoms with Crippen molar-refractivity contribution in [3.8, 4) is 11.5 Å². The molecule has 0 aliphatic carbocycles. The molecule has 0 spiro atoms. The van der Waals surface area contributed by atoms with Crippen LogP contribution in [-0.2, 0) is 16.0 Å². The fraction of sp³-hybridized carbons (Fsp3) is 0.417. The Bertz CT molecular complexity index is 925. The number of aryl methyl sites for hydroxylation is 1. The number of fused-ring (bicyclic) bond motifs is 1. The smallest absolute Gasteiger partial charge is 0.275 e. The Morgan fingerprint density at radius 3 is 2.55 bits per heavy atom. The Morgan fingerprint density at radius 2 is 1.77 bits per heavy atom. The summed E-state index contributed by atoms with van der Waals surface area (Å²) in [4.78, 5) is 28.2. The molecule has 0 radical (unpaired) electrons. The van der Waals surface area contributed by atoms with E-state index >= 15 is 0 Å². The van der Waals surface area contributed by atoms with Crippen LogP contribution in [0.2, 0.25) is 0 Å². The highest BCUT2D eigenvalue weighted by atomic mass is 16.6. The molecule has 0 aromatic heterocycles. The SMILES string of the molecule is Cc1ccccc1CCNC(=O)C[NH+]1CCN(C(=O)[C@H]2COc3ccccc3O2)CC1. The Hall–Kier alpha value is -3.06. The Balaban J connectivity index is 1.18. The van der Waals surface area contributed by atoms with Gasteiger partial charge < -0.3 is 24.6 Å². The number of nitrogens with zero attached hydrogens (tertiary/aromatic N) is 1. The van der Waals surface area contributed by atoms with Crippen LogP contribution >= 0.6 is 0 Å². The third-order valence-electron chi connectivity index (χ3n) is 5.95. The van der Waals surface area contributed by atoms with Crippen LogP contribution in [-0.4, -0.2) is 68.7 Å².